The Labute approximate surface area is 158 Å². The van der Waals surface area contributed by atoms with E-state index in [2.05, 4.69) is 22.0 Å². The van der Waals surface area contributed by atoms with E-state index in [1.807, 2.05) is 49.1 Å². The Bertz CT molecular complexity index is 967. The Morgan fingerprint density at radius 2 is 1.93 bits per heavy atom. The van der Waals surface area contributed by atoms with E-state index in [0.29, 0.717) is 24.8 Å². The second-order valence-corrected chi connectivity index (χ2v) is 7.30. The molecule has 1 saturated heterocycles. The molecule has 0 saturated carbocycles. The number of likely N-dealkylation sites (tertiary alicyclic amines) is 1. The number of nitrogens with zero attached hydrogens (tertiary/aromatic N) is 4. The lowest BCUT2D eigenvalue weighted by atomic mass is 9.98. The van der Waals surface area contributed by atoms with E-state index in [1.165, 1.54) is 0 Å². The van der Waals surface area contributed by atoms with Crippen LogP contribution in [0.3, 0.4) is 0 Å². The highest BCUT2D eigenvalue weighted by Gasteiger charge is 2.37. The summed E-state index contributed by atoms with van der Waals surface area (Å²) in [7, 11) is 0. The van der Waals surface area contributed by atoms with Crippen molar-refractivity contribution in [2.45, 2.75) is 26.7 Å². The van der Waals surface area contributed by atoms with E-state index in [4.69, 9.17) is 4.52 Å². The lowest BCUT2D eigenvalue weighted by Gasteiger charge is -2.17. The number of carbonyl (C=O) groups is 1. The van der Waals surface area contributed by atoms with Crippen LogP contribution in [0.2, 0.25) is 0 Å². The molecule has 6 nitrogen and oxygen atoms in total. The molecule has 0 N–H and O–H groups in total. The van der Waals surface area contributed by atoms with Crippen molar-refractivity contribution in [2.24, 2.45) is 5.92 Å². The maximum atomic E-state index is 13.0. The van der Waals surface area contributed by atoms with E-state index < -0.39 is 0 Å². The van der Waals surface area contributed by atoms with Crippen LogP contribution in [0.15, 0.2) is 47.2 Å². The summed E-state index contributed by atoms with van der Waals surface area (Å²) in [6, 6.07) is 9.64. The molecule has 1 amide bonds. The van der Waals surface area contributed by atoms with Crippen molar-refractivity contribution in [3.63, 3.8) is 0 Å². The molecule has 2 unspecified atom stereocenters. The zero-order valence-electron chi connectivity index (χ0n) is 15.7. The Hall–Kier alpha value is -3.02. The van der Waals surface area contributed by atoms with Gasteiger partial charge in [0.15, 0.2) is 0 Å². The average Bonchev–Trinajstić information content (AvgIpc) is 3.29. The minimum atomic E-state index is 0.0443. The predicted molar refractivity (Wildman–Crippen MR) is 101 cm³/mol. The first-order valence-electron chi connectivity index (χ1n) is 9.13. The third-order valence-electron chi connectivity index (χ3n) is 5.21. The van der Waals surface area contributed by atoms with Crippen molar-refractivity contribution in [1.29, 1.82) is 0 Å². The van der Waals surface area contributed by atoms with Gasteiger partial charge in [0.1, 0.15) is 0 Å². The molecule has 0 aliphatic carbocycles. The highest BCUT2D eigenvalue weighted by Crippen LogP contribution is 2.33. The van der Waals surface area contributed by atoms with Gasteiger partial charge < -0.3 is 9.42 Å². The molecule has 0 spiro atoms. The largest absolute Gasteiger partial charge is 0.339 e. The number of hydrogen-bond donors (Lipinski definition) is 0. The molecule has 3 heterocycles. The van der Waals surface area contributed by atoms with E-state index >= 15 is 0 Å². The van der Waals surface area contributed by atoms with Gasteiger partial charge in [-0.1, -0.05) is 29.8 Å². The molecule has 2 atom stereocenters. The number of carbonyl (C=O) groups excluding carboxylic acids is 1. The molecule has 0 bridgehead atoms. The van der Waals surface area contributed by atoms with E-state index in [0.717, 1.165) is 22.3 Å². The maximum absolute atomic E-state index is 13.0. The average molecular weight is 362 g/mol. The zero-order chi connectivity index (χ0) is 19.0. The summed E-state index contributed by atoms with van der Waals surface area (Å²) in [5.74, 6) is 1.51. The monoisotopic (exact) mass is 362 g/mol. The highest BCUT2D eigenvalue weighted by molar-refractivity contribution is 5.96. The van der Waals surface area contributed by atoms with Crippen molar-refractivity contribution >= 4 is 5.91 Å². The van der Waals surface area contributed by atoms with E-state index in [1.54, 1.807) is 12.4 Å². The lowest BCUT2D eigenvalue weighted by molar-refractivity contribution is 0.0785. The van der Waals surface area contributed by atoms with Crippen molar-refractivity contribution in [2.75, 3.05) is 13.1 Å². The number of aromatic nitrogens is 3. The minimum Gasteiger partial charge on any atom is -0.339 e. The van der Waals surface area contributed by atoms with Crippen molar-refractivity contribution in [1.82, 2.24) is 20.0 Å². The number of pyridine rings is 1. The van der Waals surface area contributed by atoms with Crippen LogP contribution >= 0.6 is 0 Å². The van der Waals surface area contributed by atoms with Crippen LogP contribution in [-0.2, 0) is 0 Å². The van der Waals surface area contributed by atoms with E-state index in [9.17, 15) is 4.79 Å². The quantitative estimate of drug-likeness (QED) is 0.711. The SMILES string of the molecule is Cc1ccc(C(=O)N2CC(C)C(c3nc(-c4ccncc4)no3)C2)c(C)c1. The van der Waals surface area contributed by atoms with Crippen LogP contribution < -0.4 is 0 Å². The summed E-state index contributed by atoms with van der Waals surface area (Å²) < 4.78 is 5.53. The fourth-order valence-electron chi connectivity index (χ4n) is 3.68. The third-order valence-corrected chi connectivity index (χ3v) is 5.21. The first-order valence-corrected chi connectivity index (χ1v) is 9.13. The molecule has 138 valence electrons. The highest BCUT2D eigenvalue weighted by atomic mass is 16.5. The first-order chi connectivity index (χ1) is 13.0. The molecule has 0 radical (unpaired) electrons. The summed E-state index contributed by atoms with van der Waals surface area (Å²) in [5.41, 5.74) is 3.80. The molecule has 3 aromatic rings. The second-order valence-electron chi connectivity index (χ2n) is 7.30. The summed E-state index contributed by atoms with van der Waals surface area (Å²) in [5, 5.41) is 4.10. The van der Waals surface area contributed by atoms with Crippen LogP contribution in [0.5, 0.6) is 0 Å². The van der Waals surface area contributed by atoms with Gasteiger partial charge in [-0.2, -0.15) is 4.98 Å². The smallest absolute Gasteiger partial charge is 0.254 e. The number of rotatable bonds is 3. The van der Waals surface area contributed by atoms with Gasteiger partial charge in [-0.3, -0.25) is 9.78 Å². The molecule has 2 aromatic heterocycles. The fourth-order valence-corrected chi connectivity index (χ4v) is 3.68. The molecule has 6 heteroatoms. The van der Waals surface area contributed by atoms with Crippen LogP contribution in [0.1, 0.15) is 40.2 Å². The maximum Gasteiger partial charge on any atom is 0.254 e. The summed E-state index contributed by atoms with van der Waals surface area (Å²) >= 11 is 0. The van der Waals surface area contributed by atoms with Crippen LogP contribution in [-0.4, -0.2) is 39.0 Å². The van der Waals surface area contributed by atoms with Crippen LogP contribution in [0, 0.1) is 19.8 Å². The van der Waals surface area contributed by atoms with Crippen LogP contribution in [0.4, 0.5) is 0 Å². The van der Waals surface area contributed by atoms with Gasteiger partial charge in [0.05, 0.1) is 5.92 Å². The third kappa shape index (κ3) is 3.35. The molecular formula is C21H22N4O2. The lowest BCUT2D eigenvalue weighted by Crippen LogP contribution is -2.29. The van der Waals surface area contributed by atoms with E-state index in [-0.39, 0.29) is 17.7 Å². The molecular weight excluding hydrogens is 340 g/mol. The number of aryl methyl sites for hydroxylation is 2. The zero-order valence-corrected chi connectivity index (χ0v) is 15.7. The molecule has 27 heavy (non-hydrogen) atoms. The van der Waals surface area contributed by atoms with Gasteiger partial charge in [0.2, 0.25) is 11.7 Å². The molecule has 1 aliphatic heterocycles. The second kappa shape index (κ2) is 6.95. The summed E-state index contributed by atoms with van der Waals surface area (Å²) in [6.45, 7) is 7.41. The molecule has 1 fully saturated rings. The molecule has 1 aliphatic rings. The fraction of sp³-hybridized carbons (Fsp3) is 0.333. The van der Waals surface area contributed by atoms with Gasteiger partial charge in [-0.15, -0.1) is 0 Å². The standard InChI is InChI=1S/C21H22N4O2/c1-13-4-5-17(14(2)10-13)21(26)25-11-15(3)18(12-25)20-23-19(24-27-20)16-6-8-22-9-7-16/h4-10,15,18H,11-12H2,1-3H3. The predicted octanol–water partition coefficient (Wildman–Crippen LogP) is 3.62. The molecule has 1 aromatic carbocycles. The topological polar surface area (TPSA) is 72.1 Å². The van der Waals surface area contributed by atoms with Gasteiger partial charge in [-0.25, -0.2) is 0 Å². The van der Waals surface area contributed by atoms with Gasteiger partial charge in [0, 0.05) is 36.6 Å². The number of hydrogen-bond acceptors (Lipinski definition) is 5. The summed E-state index contributed by atoms with van der Waals surface area (Å²) in [4.78, 5) is 23.4. The molecule has 4 rings (SSSR count). The van der Waals surface area contributed by atoms with Gasteiger partial charge >= 0.3 is 0 Å². The van der Waals surface area contributed by atoms with Gasteiger partial charge in [0.25, 0.3) is 5.91 Å². The number of amides is 1. The Morgan fingerprint density at radius 1 is 1.15 bits per heavy atom. The minimum absolute atomic E-state index is 0.0443. The van der Waals surface area contributed by atoms with Crippen molar-refractivity contribution < 1.29 is 9.32 Å². The van der Waals surface area contributed by atoms with Gasteiger partial charge in [-0.05, 0) is 43.5 Å². The summed E-state index contributed by atoms with van der Waals surface area (Å²) in [6.07, 6.45) is 3.40. The number of benzene rings is 1. The Kier molecular flexibility index (Phi) is 4.48. The Morgan fingerprint density at radius 3 is 2.67 bits per heavy atom. The Balaban J connectivity index is 1.53. The van der Waals surface area contributed by atoms with Crippen molar-refractivity contribution in [3.05, 3.63) is 65.3 Å². The normalized spacial score (nSPS) is 19.4. The van der Waals surface area contributed by atoms with Crippen molar-refractivity contribution in [3.8, 4) is 11.4 Å². The van der Waals surface area contributed by atoms with Crippen LogP contribution in [0.25, 0.3) is 11.4 Å². The first kappa shape index (κ1) is 17.4.